The normalized spacial score (nSPS) is 10.8. The van der Waals surface area contributed by atoms with Gasteiger partial charge >= 0.3 is 0 Å². The third kappa shape index (κ3) is 1.61. The van der Waals surface area contributed by atoms with Gasteiger partial charge in [-0.25, -0.2) is 4.79 Å². The summed E-state index contributed by atoms with van der Waals surface area (Å²) in [5.74, 6) is 0. The van der Waals surface area contributed by atoms with Crippen molar-refractivity contribution < 1.29 is 13.2 Å². The Hall–Kier alpha value is -0.970. The summed E-state index contributed by atoms with van der Waals surface area (Å²) in [6.45, 7) is 1.65. The Kier molecular flexibility index (Phi) is 2.42. The average molecular weight is 203 g/mol. The highest BCUT2D eigenvalue weighted by atomic mass is 32.2. The van der Waals surface area contributed by atoms with Crippen LogP contribution < -0.4 is 0 Å². The zero-order valence-corrected chi connectivity index (χ0v) is 7.78. The molecule has 0 unspecified atom stereocenters. The summed E-state index contributed by atoms with van der Waals surface area (Å²) >= 11 is 1.29. The topological polar surface area (TPSA) is 63.6 Å². The number of isocyanates is 1. The molecule has 0 radical (unpaired) electrons. The van der Waals surface area contributed by atoms with Crippen molar-refractivity contribution >= 4 is 27.4 Å². The van der Waals surface area contributed by atoms with Crippen molar-refractivity contribution in [2.45, 2.75) is 11.8 Å². The highest BCUT2D eigenvalue weighted by Crippen LogP contribution is 2.21. The molecule has 0 spiro atoms. The van der Waals surface area contributed by atoms with Crippen molar-refractivity contribution in [2.75, 3.05) is 0 Å². The average Bonchev–Trinajstić information content (AvgIpc) is 2.35. The molecule has 0 saturated carbocycles. The van der Waals surface area contributed by atoms with Gasteiger partial charge in [0.05, 0.1) is 0 Å². The van der Waals surface area contributed by atoms with Crippen molar-refractivity contribution in [2.24, 2.45) is 4.40 Å². The molecule has 0 aromatic carbocycles. The predicted octanol–water partition coefficient (Wildman–Crippen LogP) is 1.08. The Labute approximate surface area is 73.6 Å². The molecule has 4 nitrogen and oxygen atoms in total. The summed E-state index contributed by atoms with van der Waals surface area (Å²) in [7, 11) is -3.79. The second kappa shape index (κ2) is 3.18. The molecule has 1 aromatic heterocycles. The van der Waals surface area contributed by atoms with Crippen molar-refractivity contribution in [3.63, 3.8) is 0 Å². The zero-order valence-electron chi connectivity index (χ0n) is 6.14. The van der Waals surface area contributed by atoms with Gasteiger partial charge in [-0.1, -0.05) is 4.40 Å². The van der Waals surface area contributed by atoms with E-state index in [1.54, 1.807) is 12.3 Å². The van der Waals surface area contributed by atoms with Crippen LogP contribution in [0.1, 0.15) is 4.88 Å². The number of hydrogen-bond acceptors (Lipinski definition) is 4. The molecule has 0 saturated heterocycles. The lowest BCUT2D eigenvalue weighted by molar-refractivity contribution is 0.563. The Balaban J connectivity index is 3.33. The standard InChI is InChI=1S/C6H5NO3S2/c1-5-6(2-3-11-5)12(9,10)7-4-8/h2-3H,1H3. The third-order valence-corrected chi connectivity index (χ3v) is 3.53. The van der Waals surface area contributed by atoms with E-state index in [0.29, 0.717) is 4.88 Å². The van der Waals surface area contributed by atoms with Crippen LogP contribution in [0.3, 0.4) is 0 Å². The van der Waals surface area contributed by atoms with Gasteiger partial charge in [-0.05, 0) is 18.4 Å². The maximum Gasteiger partial charge on any atom is 0.293 e. The summed E-state index contributed by atoms with van der Waals surface area (Å²) in [4.78, 5) is 10.5. The number of hydrogen-bond donors (Lipinski definition) is 0. The van der Waals surface area contributed by atoms with E-state index in [1.165, 1.54) is 17.4 Å². The fourth-order valence-corrected chi connectivity index (χ4v) is 2.68. The minimum Gasteiger partial charge on any atom is -0.210 e. The number of rotatable bonds is 2. The fourth-order valence-electron chi connectivity index (χ4n) is 0.739. The van der Waals surface area contributed by atoms with E-state index >= 15 is 0 Å². The van der Waals surface area contributed by atoms with Crippen LogP contribution in [0, 0.1) is 6.92 Å². The van der Waals surface area contributed by atoms with Gasteiger partial charge in [0, 0.05) is 4.88 Å². The molecule has 0 N–H and O–H groups in total. The largest absolute Gasteiger partial charge is 0.293 e. The van der Waals surface area contributed by atoms with Gasteiger partial charge in [-0.3, -0.25) is 0 Å². The first-order chi connectivity index (χ1) is 5.58. The van der Waals surface area contributed by atoms with Gasteiger partial charge in [0.25, 0.3) is 16.1 Å². The Morgan fingerprint density at radius 2 is 2.25 bits per heavy atom. The molecule has 1 heterocycles. The predicted molar refractivity (Wildman–Crippen MR) is 44.4 cm³/mol. The molecule has 0 aliphatic carbocycles. The molecule has 0 amide bonds. The quantitative estimate of drug-likeness (QED) is 0.533. The maximum atomic E-state index is 11.1. The van der Waals surface area contributed by atoms with E-state index in [4.69, 9.17) is 0 Å². The second-order valence-corrected chi connectivity index (χ2v) is 4.69. The minimum absolute atomic E-state index is 0.0795. The molecule has 1 rings (SSSR count). The van der Waals surface area contributed by atoms with Crippen molar-refractivity contribution in [3.8, 4) is 0 Å². The number of carbonyl (C=O) groups excluding carboxylic acids is 1. The van der Waals surface area contributed by atoms with Gasteiger partial charge in [0.15, 0.2) is 0 Å². The van der Waals surface area contributed by atoms with Gasteiger partial charge in [0.1, 0.15) is 4.90 Å². The number of thiophene rings is 1. The second-order valence-electron chi connectivity index (χ2n) is 2.00. The smallest absolute Gasteiger partial charge is 0.210 e. The van der Waals surface area contributed by atoms with Crippen LogP contribution in [0.25, 0.3) is 0 Å². The molecular weight excluding hydrogens is 198 g/mol. The molecule has 0 aliphatic rings. The molecule has 0 atom stereocenters. The van der Waals surface area contributed by atoms with Crippen LogP contribution in [0.5, 0.6) is 0 Å². The fraction of sp³-hybridized carbons (Fsp3) is 0.167. The van der Waals surface area contributed by atoms with Crippen molar-refractivity contribution in [3.05, 3.63) is 16.3 Å². The molecule has 0 bridgehead atoms. The highest BCUT2D eigenvalue weighted by molar-refractivity contribution is 7.90. The van der Waals surface area contributed by atoms with Gasteiger partial charge in [0.2, 0.25) is 0 Å². The summed E-state index contributed by atoms with van der Waals surface area (Å²) < 4.78 is 24.9. The van der Waals surface area contributed by atoms with Crippen LogP contribution in [-0.2, 0) is 14.8 Å². The van der Waals surface area contributed by atoms with Crippen LogP contribution in [0.15, 0.2) is 20.7 Å². The lowest BCUT2D eigenvalue weighted by atomic mass is 10.5. The highest BCUT2D eigenvalue weighted by Gasteiger charge is 2.15. The Bertz CT molecular complexity index is 425. The van der Waals surface area contributed by atoms with Gasteiger partial charge in [-0.15, -0.1) is 11.3 Å². The van der Waals surface area contributed by atoms with E-state index in [2.05, 4.69) is 4.40 Å². The van der Waals surface area contributed by atoms with Crippen LogP contribution in [0.4, 0.5) is 0 Å². The molecule has 0 fully saturated rings. The number of sulfonamides is 1. The van der Waals surface area contributed by atoms with Gasteiger partial charge in [-0.2, -0.15) is 8.42 Å². The van der Waals surface area contributed by atoms with Crippen molar-refractivity contribution in [1.29, 1.82) is 0 Å². The molecule has 12 heavy (non-hydrogen) atoms. The Morgan fingerprint density at radius 3 is 2.67 bits per heavy atom. The number of nitrogens with zero attached hydrogens (tertiary/aromatic N) is 1. The van der Waals surface area contributed by atoms with E-state index in [1.807, 2.05) is 0 Å². The first-order valence-electron chi connectivity index (χ1n) is 2.96. The molecule has 6 heteroatoms. The van der Waals surface area contributed by atoms with E-state index < -0.39 is 10.0 Å². The maximum absolute atomic E-state index is 11.1. The summed E-state index contributed by atoms with van der Waals surface area (Å²) in [6, 6.07) is 1.41. The van der Waals surface area contributed by atoms with Gasteiger partial charge < -0.3 is 0 Å². The lowest BCUT2D eigenvalue weighted by Crippen LogP contribution is -1.95. The first kappa shape index (κ1) is 9.12. The molecular formula is C6H5NO3S2. The molecule has 64 valence electrons. The van der Waals surface area contributed by atoms with Crippen LogP contribution in [0.2, 0.25) is 0 Å². The van der Waals surface area contributed by atoms with Crippen molar-refractivity contribution in [1.82, 2.24) is 0 Å². The SMILES string of the molecule is Cc1sccc1S(=O)(=O)N=C=O. The minimum atomic E-state index is -3.79. The van der Waals surface area contributed by atoms with E-state index in [9.17, 15) is 13.2 Å². The molecule has 1 aromatic rings. The zero-order chi connectivity index (χ0) is 9.19. The van der Waals surface area contributed by atoms with Crippen LogP contribution in [-0.4, -0.2) is 14.5 Å². The van der Waals surface area contributed by atoms with E-state index in [-0.39, 0.29) is 4.90 Å². The number of aryl methyl sites for hydroxylation is 1. The monoisotopic (exact) mass is 203 g/mol. The third-order valence-electron chi connectivity index (χ3n) is 1.25. The Morgan fingerprint density at radius 1 is 1.58 bits per heavy atom. The van der Waals surface area contributed by atoms with Crippen LogP contribution >= 0.6 is 11.3 Å². The molecule has 0 aliphatic heterocycles. The lowest BCUT2D eigenvalue weighted by Gasteiger charge is -1.91. The van der Waals surface area contributed by atoms with E-state index in [0.717, 1.165) is 6.08 Å². The first-order valence-corrected chi connectivity index (χ1v) is 5.28. The summed E-state index contributed by atoms with van der Waals surface area (Å²) in [6.07, 6.45) is 1.02. The summed E-state index contributed by atoms with van der Waals surface area (Å²) in [5, 5.41) is 1.63. The summed E-state index contributed by atoms with van der Waals surface area (Å²) in [5.41, 5.74) is 0.